The van der Waals surface area contributed by atoms with E-state index in [2.05, 4.69) is 20.9 Å². The summed E-state index contributed by atoms with van der Waals surface area (Å²) < 4.78 is 1.55. The van der Waals surface area contributed by atoms with E-state index in [0.717, 1.165) is 62.1 Å². The first kappa shape index (κ1) is 38.1. The number of aliphatic hydroxyl groups is 1. The molecule has 284 valence electrons. The standard InChI is InChI=1S/C40H53N7O6/c1-39(2,53)33-24-42-45-47(33)30-23-32(37(51)44-40(34(48)35(41)49)19-11-4-3-5-12-20-40)46(25-30)38(52)31(21-26-13-7-6-8-14-26)43-36(50)29-18-17-27-15-9-10-16-28(27)22-29/h9-10,15-18,22,24,26,30-32,53H,3-8,11-14,19-21,23,25H2,1-2H3,(H2,41,49)(H,43,50)(H,44,51)/t30-,31?,32-/m0/s1. The first-order valence-electron chi connectivity index (χ1n) is 19.3. The Bertz CT molecular complexity index is 1820. The number of fused-ring (bicyclic) bond motifs is 1. The summed E-state index contributed by atoms with van der Waals surface area (Å²) in [4.78, 5) is 70.7. The molecule has 4 amide bonds. The fourth-order valence-electron chi connectivity index (χ4n) is 8.66. The average Bonchev–Trinajstić information content (AvgIpc) is 3.81. The first-order chi connectivity index (χ1) is 25.4. The second-order valence-electron chi connectivity index (χ2n) is 15.9. The molecule has 0 radical (unpaired) electrons. The average molecular weight is 728 g/mol. The molecule has 2 saturated carbocycles. The number of hydrogen-bond acceptors (Lipinski definition) is 8. The highest BCUT2D eigenvalue weighted by molar-refractivity contribution is 6.39. The maximum atomic E-state index is 14.9. The highest BCUT2D eigenvalue weighted by atomic mass is 16.3. The van der Waals surface area contributed by atoms with Gasteiger partial charge in [-0.25, -0.2) is 4.68 Å². The van der Waals surface area contributed by atoms with Gasteiger partial charge in [0.05, 0.1) is 17.9 Å². The summed E-state index contributed by atoms with van der Waals surface area (Å²) in [5, 5.41) is 27.1. The number of nitrogens with two attached hydrogens (primary N) is 1. The molecule has 0 bridgehead atoms. The molecule has 3 fully saturated rings. The molecule has 6 rings (SSSR count). The van der Waals surface area contributed by atoms with E-state index in [1.54, 1.807) is 24.6 Å². The lowest BCUT2D eigenvalue weighted by atomic mass is 9.80. The number of ketones is 1. The Balaban J connectivity index is 1.34. The normalized spacial score (nSPS) is 21.7. The van der Waals surface area contributed by atoms with E-state index >= 15 is 0 Å². The van der Waals surface area contributed by atoms with Crippen molar-refractivity contribution in [1.29, 1.82) is 0 Å². The van der Waals surface area contributed by atoms with Crippen molar-refractivity contribution in [3.8, 4) is 0 Å². The molecule has 2 heterocycles. The number of rotatable bonds is 11. The summed E-state index contributed by atoms with van der Waals surface area (Å²) in [7, 11) is 0. The van der Waals surface area contributed by atoms with Crippen LogP contribution in [0, 0.1) is 5.92 Å². The third-order valence-electron chi connectivity index (χ3n) is 11.5. The van der Waals surface area contributed by atoms with Gasteiger partial charge in [-0.05, 0) is 61.9 Å². The summed E-state index contributed by atoms with van der Waals surface area (Å²) >= 11 is 0. The van der Waals surface area contributed by atoms with Gasteiger partial charge < -0.3 is 26.4 Å². The number of amides is 4. The van der Waals surface area contributed by atoms with Gasteiger partial charge >= 0.3 is 0 Å². The predicted octanol–water partition coefficient (Wildman–Crippen LogP) is 4.22. The smallest absolute Gasteiger partial charge is 0.287 e. The van der Waals surface area contributed by atoms with Gasteiger partial charge in [0.15, 0.2) is 0 Å². The van der Waals surface area contributed by atoms with Crippen LogP contribution in [0.2, 0.25) is 0 Å². The largest absolute Gasteiger partial charge is 0.384 e. The van der Waals surface area contributed by atoms with Crippen LogP contribution in [0.3, 0.4) is 0 Å². The Labute approximate surface area is 310 Å². The molecule has 13 nitrogen and oxygen atoms in total. The first-order valence-corrected chi connectivity index (χ1v) is 19.3. The predicted molar refractivity (Wildman–Crippen MR) is 198 cm³/mol. The highest BCUT2D eigenvalue weighted by Crippen LogP contribution is 2.35. The summed E-state index contributed by atoms with van der Waals surface area (Å²) in [6.45, 7) is 3.27. The molecule has 1 aliphatic heterocycles. The number of carbonyl (C=O) groups is 5. The van der Waals surface area contributed by atoms with E-state index in [-0.39, 0.29) is 37.6 Å². The fourth-order valence-corrected chi connectivity index (χ4v) is 8.66. The highest BCUT2D eigenvalue weighted by Gasteiger charge is 2.48. The van der Waals surface area contributed by atoms with Gasteiger partial charge in [-0.1, -0.05) is 99.8 Å². The second-order valence-corrected chi connectivity index (χ2v) is 15.9. The third-order valence-corrected chi connectivity index (χ3v) is 11.5. The Hall–Kier alpha value is -4.65. The zero-order valence-electron chi connectivity index (χ0n) is 30.9. The number of nitrogens with zero attached hydrogens (tertiary/aromatic N) is 4. The number of Topliss-reactive ketones (excluding diaryl/α,β-unsaturated/α-hetero) is 1. The molecule has 0 spiro atoms. The molecule has 3 aliphatic rings. The summed E-state index contributed by atoms with van der Waals surface area (Å²) in [5.41, 5.74) is 3.61. The van der Waals surface area contributed by atoms with Crippen LogP contribution in [0.5, 0.6) is 0 Å². The Morgan fingerprint density at radius 1 is 0.943 bits per heavy atom. The molecule has 2 aromatic carbocycles. The maximum Gasteiger partial charge on any atom is 0.287 e. The van der Waals surface area contributed by atoms with Crippen molar-refractivity contribution in [3.63, 3.8) is 0 Å². The van der Waals surface area contributed by atoms with Gasteiger partial charge in [0.25, 0.3) is 11.8 Å². The van der Waals surface area contributed by atoms with Crippen LogP contribution >= 0.6 is 0 Å². The molecule has 3 atom stereocenters. The SMILES string of the molecule is CC(C)(O)c1cnnn1[C@H]1C[C@@H](C(=O)NC2(C(=O)C(N)=O)CCCCCCC2)N(C(=O)C(CC2CCCCC2)NC(=O)c2ccc3ccccc3c2)C1. The molecule has 3 aromatic rings. The number of likely N-dealkylation sites (tertiary alicyclic amines) is 1. The van der Waals surface area contributed by atoms with E-state index in [4.69, 9.17) is 5.73 Å². The van der Waals surface area contributed by atoms with Gasteiger partial charge in [0, 0.05) is 18.5 Å². The van der Waals surface area contributed by atoms with Gasteiger partial charge in [-0.15, -0.1) is 5.10 Å². The van der Waals surface area contributed by atoms with Crippen LogP contribution < -0.4 is 16.4 Å². The minimum atomic E-state index is -1.48. The quantitative estimate of drug-likeness (QED) is 0.211. The van der Waals surface area contributed by atoms with Crippen molar-refractivity contribution < 1.29 is 29.1 Å². The fraction of sp³-hybridized carbons (Fsp3) is 0.575. The third kappa shape index (κ3) is 8.61. The zero-order chi connectivity index (χ0) is 37.8. The van der Waals surface area contributed by atoms with E-state index in [9.17, 15) is 29.1 Å². The lowest BCUT2D eigenvalue weighted by Gasteiger charge is -2.36. The number of primary amides is 1. The van der Waals surface area contributed by atoms with Gasteiger partial charge in [-0.2, -0.15) is 0 Å². The molecular formula is C40H53N7O6. The van der Waals surface area contributed by atoms with Crippen LogP contribution in [0.25, 0.3) is 10.8 Å². The lowest BCUT2D eigenvalue weighted by molar-refractivity contribution is -0.145. The number of carbonyl (C=O) groups excluding carboxylic acids is 5. The second kappa shape index (κ2) is 16.2. The van der Waals surface area contributed by atoms with E-state index in [1.807, 2.05) is 36.4 Å². The monoisotopic (exact) mass is 727 g/mol. The molecule has 1 saturated heterocycles. The van der Waals surface area contributed by atoms with Crippen molar-refractivity contribution in [3.05, 3.63) is 59.9 Å². The summed E-state index contributed by atoms with van der Waals surface area (Å²) in [6.07, 6.45) is 11.6. The number of aromatic nitrogens is 3. The van der Waals surface area contributed by atoms with Crippen molar-refractivity contribution >= 4 is 40.2 Å². The number of benzene rings is 2. The molecule has 1 unspecified atom stereocenters. The van der Waals surface area contributed by atoms with E-state index < -0.39 is 52.8 Å². The minimum Gasteiger partial charge on any atom is -0.384 e. The zero-order valence-corrected chi connectivity index (χ0v) is 30.9. The maximum absolute atomic E-state index is 14.9. The molecule has 1 aromatic heterocycles. The van der Waals surface area contributed by atoms with Crippen LogP contribution in [-0.2, 0) is 24.8 Å². The van der Waals surface area contributed by atoms with Crippen LogP contribution in [0.15, 0.2) is 48.7 Å². The van der Waals surface area contributed by atoms with E-state index in [1.165, 1.54) is 11.1 Å². The number of hydrogen-bond donors (Lipinski definition) is 4. The molecule has 53 heavy (non-hydrogen) atoms. The number of nitrogens with one attached hydrogen (secondary N) is 2. The Morgan fingerprint density at radius 3 is 2.28 bits per heavy atom. The van der Waals surface area contributed by atoms with Crippen LogP contribution in [0.4, 0.5) is 0 Å². The molecule has 5 N–H and O–H groups in total. The minimum absolute atomic E-state index is 0.0487. The topological polar surface area (TPSA) is 190 Å². The van der Waals surface area contributed by atoms with Gasteiger partial charge in [0.2, 0.25) is 17.6 Å². The van der Waals surface area contributed by atoms with Gasteiger partial charge in [0.1, 0.15) is 23.2 Å². The molecular weight excluding hydrogens is 674 g/mol. The molecule has 2 aliphatic carbocycles. The van der Waals surface area contributed by atoms with Crippen molar-refractivity contribution in [2.75, 3.05) is 6.54 Å². The molecule has 13 heteroatoms. The van der Waals surface area contributed by atoms with Crippen molar-refractivity contribution in [1.82, 2.24) is 30.5 Å². The van der Waals surface area contributed by atoms with Crippen LogP contribution in [-0.4, -0.2) is 78.6 Å². The Morgan fingerprint density at radius 2 is 1.60 bits per heavy atom. The van der Waals surface area contributed by atoms with Gasteiger partial charge in [-0.3, -0.25) is 24.0 Å². The van der Waals surface area contributed by atoms with E-state index in [0.29, 0.717) is 30.5 Å². The summed E-state index contributed by atoms with van der Waals surface area (Å²) in [6, 6.07) is 10.6. The van der Waals surface area contributed by atoms with Crippen LogP contribution in [0.1, 0.15) is 126 Å². The van der Waals surface area contributed by atoms with Crippen molar-refractivity contribution in [2.24, 2.45) is 11.7 Å². The lowest BCUT2D eigenvalue weighted by Crippen LogP contribution is -2.62. The Kier molecular flexibility index (Phi) is 11.6. The van der Waals surface area contributed by atoms with Crippen molar-refractivity contribution in [2.45, 2.75) is 133 Å². The summed E-state index contributed by atoms with van der Waals surface area (Å²) in [5.74, 6) is -3.10.